The lowest BCUT2D eigenvalue weighted by Gasteiger charge is -2.04. The van der Waals surface area contributed by atoms with Gasteiger partial charge in [0.05, 0.1) is 0 Å². The smallest absolute Gasteiger partial charge is 0.170 e. The summed E-state index contributed by atoms with van der Waals surface area (Å²) in [5.41, 5.74) is 1.72. The summed E-state index contributed by atoms with van der Waals surface area (Å²) in [6.45, 7) is 0. The summed E-state index contributed by atoms with van der Waals surface area (Å²) in [6.07, 6.45) is 1.65. The van der Waals surface area contributed by atoms with Crippen LogP contribution in [0.15, 0.2) is 54.9 Å². The maximum Gasteiger partial charge on any atom is 0.170 e. The van der Waals surface area contributed by atoms with Gasteiger partial charge in [0.15, 0.2) is 11.5 Å². The second-order valence-corrected chi connectivity index (χ2v) is 4.88. The molecule has 0 amide bonds. The van der Waals surface area contributed by atoms with Gasteiger partial charge >= 0.3 is 0 Å². The summed E-state index contributed by atoms with van der Waals surface area (Å²) < 4.78 is 1.84. The molecular weight excluding hydrogens is 272 g/mol. The molecule has 0 unspecified atom stereocenters. The van der Waals surface area contributed by atoms with Gasteiger partial charge < -0.3 is 0 Å². The zero-order valence-electron chi connectivity index (χ0n) is 10.4. The first-order chi connectivity index (χ1) is 9.83. The number of nitrogens with zero attached hydrogens (tertiary/aromatic N) is 4. The highest BCUT2D eigenvalue weighted by Crippen LogP contribution is 2.27. The second kappa shape index (κ2) is 4.28. The van der Waals surface area contributed by atoms with E-state index in [9.17, 15) is 0 Å². The van der Waals surface area contributed by atoms with E-state index in [-0.39, 0.29) is 0 Å². The molecule has 0 aliphatic carbocycles. The van der Waals surface area contributed by atoms with E-state index >= 15 is 0 Å². The highest BCUT2D eigenvalue weighted by Gasteiger charge is 2.11. The molecule has 2 aromatic heterocycles. The quantitative estimate of drug-likeness (QED) is 0.500. The van der Waals surface area contributed by atoms with Crippen LogP contribution in [0.25, 0.3) is 27.8 Å². The number of aromatic nitrogens is 4. The van der Waals surface area contributed by atoms with E-state index < -0.39 is 0 Å². The van der Waals surface area contributed by atoms with E-state index in [4.69, 9.17) is 11.6 Å². The molecule has 0 spiro atoms. The van der Waals surface area contributed by atoms with Crippen molar-refractivity contribution in [3.8, 4) is 11.4 Å². The fraction of sp³-hybridized carbons (Fsp3) is 0. The molecule has 0 atom stereocenters. The van der Waals surface area contributed by atoms with Crippen LogP contribution in [0.2, 0.25) is 5.15 Å². The van der Waals surface area contributed by atoms with Crippen molar-refractivity contribution < 1.29 is 0 Å². The molecule has 0 aliphatic rings. The van der Waals surface area contributed by atoms with Gasteiger partial charge in [-0.25, -0.2) is 4.98 Å². The molecule has 4 rings (SSSR count). The molecule has 4 aromatic rings. The van der Waals surface area contributed by atoms with Crippen molar-refractivity contribution in [2.75, 3.05) is 0 Å². The van der Waals surface area contributed by atoms with Crippen LogP contribution >= 0.6 is 11.6 Å². The van der Waals surface area contributed by atoms with Crippen molar-refractivity contribution in [2.45, 2.75) is 0 Å². The molecule has 20 heavy (non-hydrogen) atoms. The maximum atomic E-state index is 5.88. The average molecular weight is 281 g/mol. The summed E-state index contributed by atoms with van der Waals surface area (Å²) in [5.74, 6) is 0.765. The van der Waals surface area contributed by atoms with Gasteiger partial charge in [0.2, 0.25) is 0 Å². The third-order valence-corrected chi connectivity index (χ3v) is 3.50. The highest BCUT2D eigenvalue weighted by molar-refractivity contribution is 6.29. The topological polar surface area (TPSA) is 43.1 Å². The standard InChI is InChI=1S/C15H9ClN4/c16-13-8-14-18-19-15(20(14)9-17-13)12-7-3-5-10-4-1-2-6-11(10)12/h1-9H. The van der Waals surface area contributed by atoms with Gasteiger partial charge in [0.1, 0.15) is 11.5 Å². The van der Waals surface area contributed by atoms with E-state index in [1.165, 1.54) is 5.39 Å². The molecule has 0 N–H and O–H groups in total. The van der Waals surface area contributed by atoms with Crippen molar-refractivity contribution in [2.24, 2.45) is 0 Å². The van der Waals surface area contributed by atoms with E-state index in [0.29, 0.717) is 10.8 Å². The Morgan fingerprint density at radius 1 is 0.950 bits per heavy atom. The number of benzene rings is 2. The molecule has 0 saturated carbocycles. The fourth-order valence-electron chi connectivity index (χ4n) is 2.38. The third kappa shape index (κ3) is 1.66. The van der Waals surface area contributed by atoms with Gasteiger partial charge in [-0.05, 0) is 10.8 Å². The molecule has 5 heteroatoms. The lowest BCUT2D eigenvalue weighted by atomic mass is 10.0. The van der Waals surface area contributed by atoms with E-state index in [2.05, 4.69) is 33.4 Å². The van der Waals surface area contributed by atoms with Gasteiger partial charge in [0, 0.05) is 11.6 Å². The molecule has 0 aliphatic heterocycles. The maximum absolute atomic E-state index is 5.88. The number of rotatable bonds is 1. The average Bonchev–Trinajstić information content (AvgIpc) is 2.89. The predicted octanol–water partition coefficient (Wildman–Crippen LogP) is 3.60. The molecule has 2 heterocycles. The minimum Gasteiger partial charge on any atom is -0.265 e. The first-order valence-corrected chi connectivity index (χ1v) is 6.55. The van der Waals surface area contributed by atoms with Gasteiger partial charge in [-0.1, -0.05) is 54.1 Å². The number of hydrogen-bond donors (Lipinski definition) is 0. The molecule has 0 radical (unpaired) electrons. The van der Waals surface area contributed by atoms with Crippen molar-refractivity contribution in [3.63, 3.8) is 0 Å². The van der Waals surface area contributed by atoms with Crippen LogP contribution in [0.5, 0.6) is 0 Å². The molecule has 2 aromatic carbocycles. The summed E-state index contributed by atoms with van der Waals surface area (Å²) >= 11 is 5.88. The Labute approximate surface area is 119 Å². The van der Waals surface area contributed by atoms with Crippen LogP contribution in [-0.2, 0) is 0 Å². The number of halogens is 1. The van der Waals surface area contributed by atoms with E-state index in [1.807, 2.05) is 28.7 Å². The van der Waals surface area contributed by atoms with Crippen LogP contribution in [-0.4, -0.2) is 19.6 Å². The van der Waals surface area contributed by atoms with E-state index in [0.717, 1.165) is 16.8 Å². The Bertz CT molecular complexity index is 924. The van der Waals surface area contributed by atoms with Gasteiger partial charge in [0.25, 0.3) is 0 Å². The van der Waals surface area contributed by atoms with Crippen molar-refractivity contribution in [1.82, 2.24) is 19.6 Å². The molecule has 4 nitrogen and oxygen atoms in total. The Hall–Kier alpha value is -2.46. The van der Waals surface area contributed by atoms with E-state index in [1.54, 1.807) is 12.4 Å². The van der Waals surface area contributed by atoms with Crippen LogP contribution in [0.4, 0.5) is 0 Å². The monoisotopic (exact) mass is 280 g/mol. The number of fused-ring (bicyclic) bond motifs is 2. The third-order valence-electron chi connectivity index (χ3n) is 3.30. The second-order valence-electron chi connectivity index (χ2n) is 4.49. The Balaban J connectivity index is 2.06. The van der Waals surface area contributed by atoms with Crippen LogP contribution in [0.1, 0.15) is 0 Å². The first-order valence-electron chi connectivity index (χ1n) is 6.17. The van der Waals surface area contributed by atoms with Crippen LogP contribution < -0.4 is 0 Å². The lowest BCUT2D eigenvalue weighted by molar-refractivity contribution is 1.08. The van der Waals surface area contributed by atoms with Gasteiger partial charge in [-0.15, -0.1) is 10.2 Å². The SMILES string of the molecule is Clc1cc2nnc(-c3cccc4ccccc34)n2cn1. The minimum atomic E-state index is 0.411. The molecule has 0 fully saturated rings. The van der Waals surface area contributed by atoms with Gasteiger partial charge in [-0.2, -0.15) is 0 Å². The first kappa shape index (κ1) is 11.4. The summed E-state index contributed by atoms with van der Waals surface area (Å²) in [4.78, 5) is 4.09. The highest BCUT2D eigenvalue weighted by atomic mass is 35.5. The predicted molar refractivity (Wildman–Crippen MR) is 78.7 cm³/mol. The summed E-state index contributed by atoms with van der Waals surface area (Å²) in [6, 6.07) is 16.0. The summed E-state index contributed by atoms with van der Waals surface area (Å²) in [5, 5.41) is 11.1. The zero-order chi connectivity index (χ0) is 13.5. The van der Waals surface area contributed by atoms with Gasteiger partial charge in [-0.3, -0.25) is 4.40 Å². The largest absolute Gasteiger partial charge is 0.265 e. The number of hydrogen-bond acceptors (Lipinski definition) is 3. The summed E-state index contributed by atoms with van der Waals surface area (Å²) in [7, 11) is 0. The zero-order valence-corrected chi connectivity index (χ0v) is 11.1. The molecule has 96 valence electrons. The normalized spacial score (nSPS) is 11.2. The Morgan fingerprint density at radius 2 is 1.80 bits per heavy atom. The Kier molecular flexibility index (Phi) is 2.44. The fourth-order valence-corrected chi connectivity index (χ4v) is 2.52. The van der Waals surface area contributed by atoms with Crippen molar-refractivity contribution in [1.29, 1.82) is 0 Å². The Morgan fingerprint density at radius 3 is 2.75 bits per heavy atom. The molecule has 0 bridgehead atoms. The lowest BCUT2D eigenvalue weighted by Crippen LogP contribution is -1.92. The molecular formula is C15H9ClN4. The van der Waals surface area contributed by atoms with Crippen LogP contribution in [0.3, 0.4) is 0 Å². The minimum absolute atomic E-state index is 0.411. The van der Waals surface area contributed by atoms with Crippen molar-refractivity contribution in [3.05, 3.63) is 60.0 Å². The van der Waals surface area contributed by atoms with Crippen molar-refractivity contribution >= 4 is 28.0 Å². The van der Waals surface area contributed by atoms with Crippen LogP contribution in [0, 0.1) is 0 Å². The molecule has 0 saturated heterocycles.